The highest BCUT2D eigenvalue weighted by Crippen LogP contribution is 2.21. The van der Waals surface area contributed by atoms with Gasteiger partial charge in [0.25, 0.3) is 0 Å². The minimum atomic E-state index is 0.250. The molecular weight excluding hydrogens is 182 g/mol. The lowest BCUT2D eigenvalue weighted by atomic mass is 10.1. The Kier molecular flexibility index (Phi) is 4.47. The molecule has 0 heterocycles. The summed E-state index contributed by atoms with van der Waals surface area (Å²) in [7, 11) is 0. The van der Waals surface area contributed by atoms with Gasteiger partial charge in [-0.25, -0.2) is 0 Å². The third-order valence-corrected chi connectivity index (χ3v) is 1.60. The minimum absolute atomic E-state index is 0.250. The van der Waals surface area contributed by atoms with Crippen LogP contribution in [0.2, 0.25) is 0 Å². The van der Waals surface area contributed by atoms with E-state index >= 15 is 0 Å². The van der Waals surface area contributed by atoms with E-state index in [2.05, 4.69) is 0 Å². The van der Waals surface area contributed by atoms with E-state index in [-0.39, 0.29) is 6.15 Å². The summed E-state index contributed by atoms with van der Waals surface area (Å²) >= 11 is 0. The molecule has 0 aliphatic heterocycles. The van der Waals surface area contributed by atoms with Crippen LogP contribution in [0.1, 0.15) is 11.1 Å². The van der Waals surface area contributed by atoms with Gasteiger partial charge < -0.3 is 11.5 Å². The quantitative estimate of drug-likeness (QED) is 0.578. The van der Waals surface area contributed by atoms with Gasteiger partial charge in [-0.2, -0.15) is 14.9 Å². The molecular formula is C9H9N3O2. The van der Waals surface area contributed by atoms with Crippen molar-refractivity contribution in [1.82, 2.24) is 0 Å². The average molecular weight is 191 g/mol. The zero-order chi connectivity index (χ0) is 11.1. The molecule has 0 aliphatic rings. The second-order valence-electron chi connectivity index (χ2n) is 2.46. The number of aryl methyl sites for hydroxylation is 1. The summed E-state index contributed by atoms with van der Waals surface area (Å²) in [5.41, 5.74) is 13.2. The number of nitrogens with zero attached hydrogens (tertiary/aromatic N) is 1. The van der Waals surface area contributed by atoms with Crippen molar-refractivity contribution < 1.29 is 9.59 Å². The number of rotatable bonds is 0. The summed E-state index contributed by atoms with van der Waals surface area (Å²) in [4.78, 5) is 16.2. The first-order chi connectivity index (χ1) is 6.58. The molecule has 4 N–H and O–H groups in total. The van der Waals surface area contributed by atoms with Gasteiger partial charge in [0.05, 0.1) is 16.9 Å². The zero-order valence-corrected chi connectivity index (χ0v) is 7.57. The smallest absolute Gasteiger partial charge is 0.373 e. The van der Waals surface area contributed by atoms with Gasteiger partial charge in [-0.3, -0.25) is 0 Å². The van der Waals surface area contributed by atoms with Crippen molar-refractivity contribution in [1.29, 1.82) is 5.26 Å². The molecule has 0 aliphatic carbocycles. The predicted octanol–water partition coefficient (Wildman–Crippen LogP) is 0.448. The molecule has 0 aromatic heterocycles. The molecule has 1 aromatic carbocycles. The molecule has 72 valence electrons. The van der Waals surface area contributed by atoms with Gasteiger partial charge in [-0.05, 0) is 18.6 Å². The third kappa shape index (κ3) is 2.63. The van der Waals surface area contributed by atoms with Gasteiger partial charge in [0.15, 0.2) is 0 Å². The van der Waals surface area contributed by atoms with Gasteiger partial charge in [-0.15, -0.1) is 0 Å². The highest BCUT2D eigenvalue weighted by molar-refractivity contribution is 5.72. The van der Waals surface area contributed by atoms with E-state index in [4.69, 9.17) is 26.3 Å². The van der Waals surface area contributed by atoms with E-state index < -0.39 is 0 Å². The highest BCUT2D eigenvalue weighted by atomic mass is 16.2. The SMILES string of the molecule is Cc1ccc(N)c(N)c1C#N.O=C=O. The molecule has 0 saturated heterocycles. The molecule has 0 unspecified atom stereocenters. The minimum Gasteiger partial charge on any atom is -0.397 e. The Morgan fingerprint density at radius 3 is 2.14 bits per heavy atom. The predicted molar refractivity (Wildman–Crippen MR) is 49.7 cm³/mol. The van der Waals surface area contributed by atoms with Crippen LogP contribution >= 0.6 is 0 Å². The number of hydrogen-bond donors (Lipinski definition) is 2. The van der Waals surface area contributed by atoms with Crippen molar-refractivity contribution in [3.63, 3.8) is 0 Å². The van der Waals surface area contributed by atoms with E-state index in [0.29, 0.717) is 16.9 Å². The van der Waals surface area contributed by atoms with Crippen molar-refractivity contribution in [2.45, 2.75) is 6.92 Å². The first-order valence-corrected chi connectivity index (χ1v) is 3.62. The van der Waals surface area contributed by atoms with Crippen molar-refractivity contribution in [3.05, 3.63) is 23.3 Å². The van der Waals surface area contributed by atoms with Crippen molar-refractivity contribution in [2.75, 3.05) is 11.5 Å². The summed E-state index contributed by atoms with van der Waals surface area (Å²) < 4.78 is 0. The monoisotopic (exact) mass is 191 g/mol. The Hall–Kier alpha value is -2.31. The molecule has 0 spiro atoms. The normalized spacial score (nSPS) is 7.71. The Labute approximate surface area is 80.9 Å². The molecule has 14 heavy (non-hydrogen) atoms. The number of hydrogen-bond acceptors (Lipinski definition) is 5. The lowest BCUT2D eigenvalue weighted by molar-refractivity contribution is -0.191. The summed E-state index contributed by atoms with van der Waals surface area (Å²) in [6, 6.07) is 5.48. The molecule has 0 saturated carbocycles. The van der Waals surface area contributed by atoms with Gasteiger partial charge >= 0.3 is 6.15 Å². The number of nitriles is 1. The largest absolute Gasteiger partial charge is 0.397 e. The summed E-state index contributed by atoms with van der Waals surface area (Å²) in [5, 5.41) is 8.64. The van der Waals surface area contributed by atoms with Crippen LogP contribution in [-0.4, -0.2) is 6.15 Å². The third-order valence-electron chi connectivity index (χ3n) is 1.60. The Morgan fingerprint density at radius 2 is 1.79 bits per heavy atom. The van der Waals surface area contributed by atoms with E-state index in [9.17, 15) is 0 Å². The van der Waals surface area contributed by atoms with E-state index in [1.54, 1.807) is 12.1 Å². The Morgan fingerprint density at radius 1 is 1.29 bits per heavy atom. The van der Waals surface area contributed by atoms with E-state index in [1.807, 2.05) is 13.0 Å². The highest BCUT2D eigenvalue weighted by Gasteiger charge is 2.03. The topological polar surface area (TPSA) is 110 Å². The molecule has 0 amide bonds. The van der Waals surface area contributed by atoms with Crippen molar-refractivity contribution in [2.24, 2.45) is 0 Å². The van der Waals surface area contributed by atoms with Crippen molar-refractivity contribution >= 4 is 17.5 Å². The molecule has 0 atom stereocenters. The Balaban J connectivity index is 0.000000500. The summed E-state index contributed by atoms with van der Waals surface area (Å²) in [5.74, 6) is 0. The first kappa shape index (κ1) is 11.7. The molecule has 1 rings (SSSR count). The van der Waals surface area contributed by atoms with E-state index in [1.165, 1.54) is 0 Å². The van der Waals surface area contributed by atoms with Crippen LogP contribution in [0.15, 0.2) is 12.1 Å². The zero-order valence-electron chi connectivity index (χ0n) is 7.57. The van der Waals surface area contributed by atoms with Crippen molar-refractivity contribution in [3.8, 4) is 6.07 Å². The van der Waals surface area contributed by atoms with Crippen LogP contribution in [-0.2, 0) is 9.59 Å². The maximum atomic E-state index is 8.64. The maximum absolute atomic E-state index is 8.64. The average Bonchev–Trinajstić information content (AvgIpc) is 2.14. The van der Waals surface area contributed by atoms with Crippen LogP contribution in [0.3, 0.4) is 0 Å². The number of carbonyl (C=O) groups excluding carboxylic acids is 2. The molecule has 5 heteroatoms. The maximum Gasteiger partial charge on any atom is 0.373 e. The van der Waals surface area contributed by atoms with Crippen LogP contribution in [0.5, 0.6) is 0 Å². The van der Waals surface area contributed by atoms with Crippen LogP contribution < -0.4 is 11.5 Å². The van der Waals surface area contributed by atoms with E-state index in [0.717, 1.165) is 5.56 Å². The lowest BCUT2D eigenvalue weighted by Gasteiger charge is -2.03. The fourth-order valence-corrected chi connectivity index (χ4v) is 0.893. The van der Waals surface area contributed by atoms with Gasteiger partial charge in [0.1, 0.15) is 6.07 Å². The van der Waals surface area contributed by atoms with Crippen LogP contribution in [0.4, 0.5) is 11.4 Å². The van der Waals surface area contributed by atoms with Gasteiger partial charge in [0, 0.05) is 0 Å². The number of benzene rings is 1. The van der Waals surface area contributed by atoms with Gasteiger partial charge in [-0.1, -0.05) is 6.07 Å². The fourth-order valence-electron chi connectivity index (χ4n) is 0.893. The lowest BCUT2D eigenvalue weighted by Crippen LogP contribution is -1.98. The first-order valence-electron chi connectivity index (χ1n) is 3.62. The van der Waals surface area contributed by atoms with Crippen LogP contribution in [0, 0.1) is 18.3 Å². The number of anilines is 2. The second-order valence-corrected chi connectivity index (χ2v) is 2.46. The van der Waals surface area contributed by atoms with Crippen LogP contribution in [0.25, 0.3) is 0 Å². The second kappa shape index (κ2) is 5.36. The number of nitrogens with two attached hydrogens (primary N) is 2. The standard InChI is InChI=1S/C8H9N3.CO2/c1-5-2-3-7(10)8(11)6(5)4-9;2-1-3/h2-3H,10-11H2,1H3;. The molecule has 0 bridgehead atoms. The molecule has 5 nitrogen and oxygen atoms in total. The van der Waals surface area contributed by atoms with Gasteiger partial charge in [0.2, 0.25) is 0 Å². The summed E-state index contributed by atoms with van der Waals surface area (Å²) in [6.45, 7) is 1.83. The Bertz CT molecular complexity index is 401. The summed E-state index contributed by atoms with van der Waals surface area (Å²) in [6.07, 6.45) is 0.250. The fraction of sp³-hybridized carbons (Fsp3) is 0.111. The number of nitrogen functional groups attached to an aromatic ring is 2. The molecule has 0 fully saturated rings. The molecule has 0 radical (unpaired) electrons. The molecule has 1 aromatic rings.